The van der Waals surface area contributed by atoms with Gasteiger partial charge in [0, 0.05) is 12.3 Å². The largest absolute Gasteiger partial charge is 0.292 e. The molecule has 5 nitrogen and oxygen atoms in total. The predicted octanol–water partition coefficient (Wildman–Crippen LogP) is 1.23. The van der Waals surface area contributed by atoms with Crippen molar-refractivity contribution < 1.29 is 4.21 Å². The van der Waals surface area contributed by atoms with Gasteiger partial charge in [-0.1, -0.05) is 11.3 Å². The number of aromatic nitrogens is 3. The van der Waals surface area contributed by atoms with Crippen LogP contribution >= 0.6 is 11.3 Å². The maximum atomic E-state index is 12.2. The maximum absolute atomic E-state index is 12.2. The molecule has 2 heterocycles. The van der Waals surface area contributed by atoms with Crippen molar-refractivity contribution in [3.8, 4) is 0 Å². The number of hydrogen-bond donors (Lipinski definition) is 0. The molecule has 0 bridgehead atoms. The van der Waals surface area contributed by atoms with Gasteiger partial charge in [0.2, 0.25) is 0 Å². The second kappa shape index (κ2) is 3.71. The average Bonchev–Trinajstić information content (AvgIpc) is 2.97. The lowest BCUT2D eigenvalue weighted by Crippen LogP contribution is -2.22. The molecule has 1 fully saturated rings. The van der Waals surface area contributed by atoms with Crippen molar-refractivity contribution >= 4 is 32.5 Å². The van der Waals surface area contributed by atoms with Crippen molar-refractivity contribution in [3.05, 3.63) is 16.2 Å². The Labute approximate surface area is 104 Å². The summed E-state index contributed by atoms with van der Waals surface area (Å²) < 4.78 is 13.5. The standard InChI is InChI=1S/C10H11N3O2S2/c1-5-11-8-7(12-10(16-8)17(2)15)9(14)13(5)6-3-4-6/h6H,3-4H2,1-2H3. The molecular weight excluding hydrogens is 258 g/mol. The number of aryl methyl sites for hydroxylation is 1. The van der Waals surface area contributed by atoms with Gasteiger partial charge < -0.3 is 0 Å². The highest BCUT2D eigenvalue weighted by molar-refractivity contribution is 7.86. The third kappa shape index (κ3) is 1.73. The van der Waals surface area contributed by atoms with Crippen LogP contribution < -0.4 is 5.56 Å². The van der Waals surface area contributed by atoms with E-state index in [0.717, 1.165) is 18.7 Å². The quantitative estimate of drug-likeness (QED) is 0.822. The molecule has 17 heavy (non-hydrogen) atoms. The fourth-order valence-corrected chi connectivity index (χ4v) is 3.49. The van der Waals surface area contributed by atoms with Gasteiger partial charge in [-0.3, -0.25) is 13.6 Å². The molecule has 2 aromatic heterocycles. The van der Waals surface area contributed by atoms with Crippen molar-refractivity contribution in [2.45, 2.75) is 30.1 Å². The molecule has 0 radical (unpaired) electrons. The summed E-state index contributed by atoms with van der Waals surface area (Å²) in [7, 11) is -1.16. The molecule has 7 heteroatoms. The van der Waals surface area contributed by atoms with Crippen LogP contribution in [-0.4, -0.2) is 25.0 Å². The minimum absolute atomic E-state index is 0.0945. The summed E-state index contributed by atoms with van der Waals surface area (Å²) >= 11 is 1.24. The van der Waals surface area contributed by atoms with Gasteiger partial charge in [-0.05, 0) is 19.8 Å². The minimum Gasteiger partial charge on any atom is -0.292 e. The lowest BCUT2D eigenvalue weighted by atomic mass is 10.5. The summed E-state index contributed by atoms with van der Waals surface area (Å²) in [4.78, 5) is 21.4. The van der Waals surface area contributed by atoms with E-state index in [9.17, 15) is 9.00 Å². The van der Waals surface area contributed by atoms with E-state index < -0.39 is 10.8 Å². The van der Waals surface area contributed by atoms with Gasteiger partial charge in [0.15, 0.2) is 14.7 Å². The Kier molecular flexibility index (Phi) is 2.41. The van der Waals surface area contributed by atoms with Gasteiger partial charge in [-0.2, -0.15) is 0 Å². The molecule has 1 aliphatic carbocycles. The zero-order valence-electron chi connectivity index (χ0n) is 9.47. The van der Waals surface area contributed by atoms with Crippen molar-refractivity contribution in [1.29, 1.82) is 0 Å². The number of nitrogens with zero attached hydrogens (tertiary/aromatic N) is 3. The number of hydrogen-bond acceptors (Lipinski definition) is 5. The SMILES string of the molecule is Cc1nc2sc(S(C)=O)nc2c(=O)n1C1CC1. The van der Waals surface area contributed by atoms with E-state index in [0.29, 0.717) is 14.7 Å². The van der Waals surface area contributed by atoms with Crippen molar-refractivity contribution in [1.82, 2.24) is 14.5 Å². The summed E-state index contributed by atoms with van der Waals surface area (Å²) in [6.07, 6.45) is 3.62. The summed E-state index contributed by atoms with van der Waals surface area (Å²) in [5.74, 6) is 0.724. The van der Waals surface area contributed by atoms with Crippen LogP contribution in [-0.2, 0) is 10.8 Å². The fraction of sp³-hybridized carbons (Fsp3) is 0.500. The summed E-state index contributed by atoms with van der Waals surface area (Å²) in [5.41, 5.74) is 0.264. The van der Waals surface area contributed by atoms with E-state index in [4.69, 9.17) is 0 Å². The van der Waals surface area contributed by atoms with Gasteiger partial charge in [-0.25, -0.2) is 9.97 Å². The van der Waals surface area contributed by atoms with Crippen LogP contribution in [0, 0.1) is 6.92 Å². The molecule has 90 valence electrons. The van der Waals surface area contributed by atoms with Crippen LogP contribution in [0.3, 0.4) is 0 Å². The Morgan fingerprint density at radius 3 is 2.71 bits per heavy atom. The zero-order chi connectivity index (χ0) is 12.2. The first-order chi connectivity index (χ1) is 8.08. The molecule has 0 spiro atoms. The Morgan fingerprint density at radius 2 is 2.12 bits per heavy atom. The van der Waals surface area contributed by atoms with Gasteiger partial charge in [0.1, 0.15) is 5.82 Å². The lowest BCUT2D eigenvalue weighted by molar-refractivity contribution is 0.666. The Bertz CT molecular complexity index is 685. The van der Waals surface area contributed by atoms with Crippen molar-refractivity contribution in [2.75, 3.05) is 6.26 Å². The number of rotatable bonds is 2. The second-order valence-electron chi connectivity index (χ2n) is 4.15. The van der Waals surface area contributed by atoms with E-state index >= 15 is 0 Å². The highest BCUT2D eigenvalue weighted by Crippen LogP contribution is 2.34. The lowest BCUT2D eigenvalue weighted by Gasteiger charge is -2.05. The molecule has 1 saturated carbocycles. The highest BCUT2D eigenvalue weighted by Gasteiger charge is 2.28. The van der Waals surface area contributed by atoms with Crippen molar-refractivity contribution in [2.24, 2.45) is 0 Å². The highest BCUT2D eigenvalue weighted by atomic mass is 32.2. The Morgan fingerprint density at radius 1 is 1.41 bits per heavy atom. The smallest absolute Gasteiger partial charge is 0.281 e. The fourth-order valence-electron chi connectivity index (χ4n) is 1.86. The Balaban J connectivity index is 2.32. The van der Waals surface area contributed by atoms with Crippen molar-refractivity contribution in [3.63, 3.8) is 0 Å². The summed E-state index contributed by atoms with van der Waals surface area (Å²) in [6.45, 7) is 1.83. The molecule has 2 aromatic rings. The first-order valence-electron chi connectivity index (χ1n) is 5.31. The predicted molar refractivity (Wildman–Crippen MR) is 67.0 cm³/mol. The Hall–Kier alpha value is -1.08. The third-order valence-electron chi connectivity index (χ3n) is 2.78. The van der Waals surface area contributed by atoms with Gasteiger partial charge in [0.25, 0.3) is 5.56 Å². The first kappa shape index (κ1) is 11.0. The van der Waals surface area contributed by atoms with E-state index in [1.807, 2.05) is 6.92 Å². The number of fused-ring (bicyclic) bond motifs is 1. The molecule has 1 atom stereocenters. The third-order valence-corrected chi connectivity index (χ3v) is 5.06. The molecule has 3 rings (SSSR count). The van der Waals surface area contributed by atoms with E-state index in [1.54, 1.807) is 10.8 Å². The van der Waals surface area contributed by atoms with Gasteiger partial charge >= 0.3 is 0 Å². The van der Waals surface area contributed by atoms with E-state index in [1.165, 1.54) is 11.3 Å². The van der Waals surface area contributed by atoms with E-state index in [-0.39, 0.29) is 11.6 Å². The molecule has 1 aliphatic rings. The molecule has 0 amide bonds. The summed E-state index contributed by atoms with van der Waals surface area (Å²) in [5, 5.41) is 0. The molecule has 0 saturated heterocycles. The van der Waals surface area contributed by atoms with Crippen LogP contribution in [0.25, 0.3) is 10.3 Å². The van der Waals surface area contributed by atoms with Crippen LogP contribution in [0.15, 0.2) is 9.13 Å². The molecular formula is C10H11N3O2S2. The number of thiazole rings is 1. The topological polar surface area (TPSA) is 64.8 Å². The molecule has 0 N–H and O–H groups in total. The maximum Gasteiger partial charge on any atom is 0.281 e. The summed E-state index contributed by atoms with van der Waals surface area (Å²) in [6, 6.07) is 0.289. The second-order valence-corrected chi connectivity index (χ2v) is 6.68. The van der Waals surface area contributed by atoms with E-state index in [2.05, 4.69) is 9.97 Å². The van der Waals surface area contributed by atoms with Crippen LogP contribution in [0.1, 0.15) is 24.7 Å². The average molecular weight is 269 g/mol. The van der Waals surface area contributed by atoms with Crippen LogP contribution in [0.5, 0.6) is 0 Å². The van der Waals surface area contributed by atoms with Crippen LogP contribution in [0.2, 0.25) is 0 Å². The first-order valence-corrected chi connectivity index (χ1v) is 7.68. The van der Waals surface area contributed by atoms with Crippen LogP contribution in [0.4, 0.5) is 0 Å². The minimum atomic E-state index is -1.16. The monoisotopic (exact) mass is 269 g/mol. The normalized spacial score (nSPS) is 17.5. The molecule has 0 aromatic carbocycles. The van der Waals surface area contributed by atoms with Gasteiger partial charge in [-0.15, -0.1) is 0 Å². The zero-order valence-corrected chi connectivity index (χ0v) is 11.1. The molecule has 0 aliphatic heterocycles. The van der Waals surface area contributed by atoms with Gasteiger partial charge in [0.05, 0.1) is 10.8 Å². The molecule has 1 unspecified atom stereocenters.